The number of rotatable bonds is 9. The van der Waals surface area contributed by atoms with E-state index in [1.165, 1.54) is 18.4 Å². The fourth-order valence-corrected chi connectivity index (χ4v) is 3.35. The van der Waals surface area contributed by atoms with Crippen LogP contribution in [-0.4, -0.2) is 27.2 Å². The van der Waals surface area contributed by atoms with Gasteiger partial charge >= 0.3 is 0 Å². The number of carbonyl (C=O) groups is 1. The van der Waals surface area contributed by atoms with Crippen LogP contribution in [0.25, 0.3) is 0 Å². The average molecular weight is 369 g/mol. The Hall–Kier alpha value is -2.69. The Balaban J connectivity index is 1.65. The summed E-state index contributed by atoms with van der Waals surface area (Å²) in [7, 11) is 4.76. The molecule has 1 fully saturated rings. The molecule has 1 amide bonds. The number of carbonyl (C=O) groups excluding carboxylic acids is 1. The van der Waals surface area contributed by atoms with Crippen LogP contribution in [0.5, 0.6) is 17.2 Å². The van der Waals surface area contributed by atoms with Gasteiger partial charge in [-0.2, -0.15) is 0 Å². The van der Waals surface area contributed by atoms with Crippen LogP contribution in [-0.2, 0) is 11.2 Å². The van der Waals surface area contributed by atoms with E-state index in [4.69, 9.17) is 14.2 Å². The smallest absolute Gasteiger partial charge is 0.220 e. The highest BCUT2D eigenvalue weighted by Gasteiger charge is 2.33. The number of hydrogen-bond donors (Lipinski definition) is 1. The minimum Gasteiger partial charge on any atom is -0.493 e. The van der Waals surface area contributed by atoms with E-state index in [2.05, 4.69) is 17.4 Å². The van der Waals surface area contributed by atoms with Crippen molar-refractivity contribution >= 4 is 5.91 Å². The van der Waals surface area contributed by atoms with Crippen molar-refractivity contribution in [2.75, 3.05) is 21.3 Å². The Morgan fingerprint density at radius 1 is 1.04 bits per heavy atom. The molecule has 3 rings (SSSR count). The summed E-state index contributed by atoms with van der Waals surface area (Å²) in [6, 6.07) is 14.1. The van der Waals surface area contributed by atoms with E-state index in [0.29, 0.717) is 36.0 Å². The zero-order chi connectivity index (χ0) is 19.2. The molecular formula is C22H27NO4. The number of amides is 1. The van der Waals surface area contributed by atoms with Crippen LogP contribution in [0.1, 0.15) is 36.4 Å². The second kappa shape index (κ2) is 8.80. The number of methoxy groups -OCH3 is 3. The molecule has 1 unspecified atom stereocenters. The van der Waals surface area contributed by atoms with Crippen molar-refractivity contribution in [3.05, 3.63) is 53.6 Å². The molecule has 1 saturated carbocycles. The first-order valence-corrected chi connectivity index (χ1v) is 9.29. The molecule has 2 aromatic rings. The highest BCUT2D eigenvalue weighted by Crippen LogP contribution is 2.41. The SMILES string of the molecule is COc1cc(CCC(=O)NC(c2ccccc2)C2CC2)cc(OC)c1OC. The molecule has 1 aliphatic rings. The van der Waals surface area contributed by atoms with Gasteiger partial charge in [0.05, 0.1) is 27.4 Å². The minimum absolute atomic E-state index is 0.0597. The van der Waals surface area contributed by atoms with Gasteiger partial charge in [0.15, 0.2) is 11.5 Å². The molecule has 0 bridgehead atoms. The van der Waals surface area contributed by atoms with Gasteiger partial charge in [0, 0.05) is 6.42 Å². The molecule has 0 aromatic heterocycles. The minimum atomic E-state index is 0.0597. The number of aryl methyl sites for hydroxylation is 1. The summed E-state index contributed by atoms with van der Waals surface area (Å²) in [4.78, 5) is 12.6. The molecule has 1 N–H and O–H groups in total. The molecule has 27 heavy (non-hydrogen) atoms. The first kappa shape index (κ1) is 19.1. The lowest BCUT2D eigenvalue weighted by Gasteiger charge is -2.19. The Bertz CT molecular complexity index is 746. The molecule has 0 aliphatic heterocycles. The normalized spacial score (nSPS) is 14.3. The number of nitrogens with one attached hydrogen (secondary N) is 1. The van der Waals surface area contributed by atoms with Crippen LogP contribution in [0.2, 0.25) is 0 Å². The zero-order valence-electron chi connectivity index (χ0n) is 16.2. The highest BCUT2D eigenvalue weighted by atomic mass is 16.5. The molecule has 2 aromatic carbocycles. The summed E-state index contributed by atoms with van der Waals surface area (Å²) >= 11 is 0. The third-order valence-electron chi connectivity index (χ3n) is 4.93. The summed E-state index contributed by atoms with van der Waals surface area (Å²) in [5, 5.41) is 3.22. The number of benzene rings is 2. The second-order valence-corrected chi connectivity index (χ2v) is 6.83. The average Bonchev–Trinajstić information content (AvgIpc) is 3.55. The van der Waals surface area contributed by atoms with Gasteiger partial charge in [-0.15, -0.1) is 0 Å². The summed E-state index contributed by atoms with van der Waals surface area (Å²) in [5.41, 5.74) is 2.16. The van der Waals surface area contributed by atoms with Crippen LogP contribution in [0.15, 0.2) is 42.5 Å². The van der Waals surface area contributed by atoms with Crippen molar-refractivity contribution in [1.82, 2.24) is 5.32 Å². The van der Waals surface area contributed by atoms with Crippen LogP contribution in [0.4, 0.5) is 0 Å². The molecule has 144 valence electrons. The van der Waals surface area contributed by atoms with Gasteiger partial charge in [0.2, 0.25) is 11.7 Å². The van der Waals surface area contributed by atoms with E-state index in [1.807, 2.05) is 30.3 Å². The molecule has 0 radical (unpaired) electrons. The Morgan fingerprint density at radius 3 is 2.19 bits per heavy atom. The summed E-state index contributed by atoms with van der Waals surface area (Å²) in [6.07, 6.45) is 3.36. The lowest BCUT2D eigenvalue weighted by molar-refractivity contribution is -0.122. The second-order valence-electron chi connectivity index (χ2n) is 6.83. The fourth-order valence-electron chi connectivity index (χ4n) is 3.35. The van der Waals surface area contributed by atoms with E-state index in [9.17, 15) is 4.79 Å². The van der Waals surface area contributed by atoms with Crippen molar-refractivity contribution in [1.29, 1.82) is 0 Å². The standard InChI is InChI=1S/C22H27NO4/c1-25-18-13-15(14-19(26-2)22(18)27-3)9-12-20(24)23-21(17-10-11-17)16-7-5-4-6-8-16/h4-8,13-14,17,21H,9-12H2,1-3H3,(H,23,24). The lowest BCUT2D eigenvalue weighted by Crippen LogP contribution is -2.30. The molecular weight excluding hydrogens is 342 g/mol. The molecule has 1 aliphatic carbocycles. The Morgan fingerprint density at radius 2 is 1.67 bits per heavy atom. The molecule has 5 heteroatoms. The Labute approximate surface area is 160 Å². The predicted molar refractivity (Wildman–Crippen MR) is 104 cm³/mol. The monoisotopic (exact) mass is 369 g/mol. The third kappa shape index (κ3) is 4.73. The predicted octanol–water partition coefficient (Wildman–Crippen LogP) is 3.91. The molecule has 0 saturated heterocycles. The van der Waals surface area contributed by atoms with E-state index in [-0.39, 0.29) is 11.9 Å². The molecule has 1 atom stereocenters. The zero-order valence-corrected chi connectivity index (χ0v) is 16.2. The van der Waals surface area contributed by atoms with Crippen molar-refractivity contribution in [2.24, 2.45) is 5.92 Å². The van der Waals surface area contributed by atoms with Crippen molar-refractivity contribution in [3.63, 3.8) is 0 Å². The van der Waals surface area contributed by atoms with E-state index in [1.54, 1.807) is 21.3 Å². The molecule has 0 heterocycles. The Kier molecular flexibility index (Phi) is 6.22. The van der Waals surface area contributed by atoms with E-state index < -0.39 is 0 Å². The topological polar surface area (TPSA) is 56.8 Å². The van der Waals surface area contributed by atoms with Crippen LogP contribution in [0.3, 0.4) is 0 Å². The summed E-state index contributed by atoms with van der Waals surface area (Å²) in [5.74, 6) is 2.38. The number of ether oxygens (including phenoxy) is 3. The van der Waals surface area contributed by atoms with Gasteiger partial charge in [-0.3, -0.25) is 4.79 Å². The van der Waals surface area contributed by atoms with Crippen LogP contribution in [0, 0.1) is 5.92 Å². The lowest BCUT2D eigenvalue weighted by atomic mass is 10.0. The van der Waals surface area contributed by atoms with Crippen molar-refractivity contribution in [2.45, 2.75) is 31.7 Å². The first-order chi connectivity index (χ1) is 13.2. The molecule has 0 spiro atoms. The summed E-state index contributed by atoms with van der Waals surface area (Å²) in [6.45, 7) is 0. The van der Waals surface area contributed by atoms with Crippen molar-refractivity contribution in [3.8, 4) is 17.2 Å². The number of hydrogen-bond acceptors (Lipinski definition) is 4. The first-order valence-electron chi connectivity index (χ1n) is 9.29. The fraction of sp³-hybridized carbons (Fsp3) is 0.409. The van der Waals surface area contributed by atoms with Gasteiger partial charge in [-0.25, -0.2) is 0 Å². The van der Waals surface area contributed by atoms with E-state index >= 15 is 0 Å². The van der Waals surface area contributed by atoms with Gasteiger partial charge in [-0.1, -0.05) is 30.3 Å². The summed E-state index contributed by atoms with van der Waals surface area (Å²) < 4.78 is 16.1. The molecule has 5 nitrogen and oxygen atoms in total. The quantitative estimate of drug-likeness (QED) is 0.728. The van der Waals surface area contributed by atoms with Gasteiger partial charge < -0.3 is 19.5 Å². The highest BCUT2D eigenvalue weighted by molar-refractivity contribution is 5.77. The van der Waals surface area contributed by atoms with E-state index in [0.717, 1.165) is 5.56 Å². The third-order valence-corrected chi connectivity index (χ3v) is 4.93. The maximum atomic E-state index is 12.6. The van der Waals surface area contributed by atoms with Gasteiger partial charge in [-0.05, 0) is 48.4 Å². The van der Waals surface area contributed by atoms with Crippen LogP contribution >= 0.6 is 0 Å². The van der Waals surface area contributed by atoms with Gasteiger partial charge in [0.25, 0.3) is 0 Å². The van der Waals surface area contributed by atoms with Gasteiger partial charge in [0.1, 0.15) is 0 Å². The van der Waals surface area contributed by atoms with Crippen molar-refractivity contribution < 1.29 is 19.0 Å². The van der Waals surface area contributed by atoms with Crippen LogP contribution < -0.4 is 19.5 Å². The largest absolute Gasteiger partial charge is 0.493 e. The maximum Gasteiger partial charge on any atom is 0.220 e. The maximum absolute atomic E-state index is 12.6.